The zero-order valence-corrected chi connectivity index (χ0v) is 21.1. The topological polar surface area (TPSA) is 289 Å². The fourth-order valence-corrected chi connectivity index (χ4v) is 4.89. The van der Waals surface area contributed by atoms with Crippen molar-refractivity contribution < 1.29 is 86.5 Å². The number of carboxylic acids is 1. The second-order valence-corrected chi connectivity index (χ2v) is 10.3. The second-order valence-electron chi connectivity index (χ2n) is 9.22. The Bertz CT molecular complexity index is 974. The number of ether oxygens (including phenoxy) is 5. The number of rotatable bonds is 10. The smallest absolute Gasteiger partial charge is 0.397 e. The molecule has 2 saturated heterocycles. The maximum atomic E-state index is 11.2. The highest BCUT2D eigenvalue weighted by Gasteiger charge is 2.49. The summed E-state index contributed by atoms with van der Waals surface area (Å²) in [5, 5.41) is 80.4. The first-order chi connectivity index (χ1) is 18.1. The van der Waals surface area contributed by atoms with Crippen LogP contribution in [0.25, 0.3) is 0 Å². The Hall–Kier alpha value is -1.56. The third kappa shape index (κ3) is 7.59. The molecule has 0 aromatic rings. The van der Waals surface area contributed by atoms with Gasteiger partial charge in [0.2, 0.25) is 12.0 Å². The predicted octanol–water partition coefficient (Wildman–Crippen LogP) is -4.98. The van der Waals surface area contributed by atoms with Gasteiger partial charge in [-0.15, -0.1) is 0 Å². The van der Waals surface area contributed by atoms with Crippen LogP contribution in [0, 0.1) is 11.8 Å². The molecule has 0 aliphatic carbocycles. The summed E-state index contributed by atoms with van der Waals surface area (Å²) in [6.07, 6.45) is -17.3. The van der Waals surface area contributed by atoms with E-state index in [1.165, 1.54) is 6.92 Å². The van der Waals surface area contributed by atoms with Crippen LogP contribution in [-0.2, 0) is 43.1 Å². The van der Waals surface area contributed by atoms with E-state index in [4.69, 9.17) is 33.3 Å². The van der Waals surface area contributed by atoms with E-state index in [0.29, 0.717) is 0 Å². The van der Waals surface area contributed by atoms with Crippen LogP contribution in [0.15, 0.2) is 11.8 Å². The predicted molar refractivity (Wildman–Crippen MR) is 118 cm³/mol. The Morgan fingerprint density at radius 1 is 0.923 bits per heavy atom. The molecule has 0 saturated carbocycles. The molecule has 13 atom stereocenters. The second kappa shape index (κ2) is 13.0. The molecule has 3 heterocycles. The van der Waals surface area contributed by atoms with Crippen molar-refractivity contribution in [1.82, 2.24) is 0 Å². The van der Waals surface area contributed by atoms with Crippen molar-refractivity contribution in [3.8, 4) is 0 Å². The highest BCUT2D eigenvalue weighted by atomic mass is 32.3. The number of aliphatic hydroxyl groups excluding tert-OH is 7. The van der Waals surface area contributed by atoms with E-state index >= 15 is 0 Å². The highest BCUT2D eigenvalue weighted by molar-refractivity contribution is 7.80. The zero-order valence-electron chi connectivity index (χ0n) is 20.3. The molecule has 3 rings (SSSR count). The molecule has 0 radical (unpaired) electrons. The third-order valence-corrected chi connectivity index (χ3v) is 7.02. The van der Waals surface area contributed by atoms with E-state index in [0.717, 1.165) is 6.08 Å². The molecular weight excluding hydrogens is 560 g/mol. The third-order valence-electron chi connectivity index (χ3n) is 6.56. The molecule has 2 fully saturated rings. The summed E-state index contributed by atoms with van der Waals surface area (Å²) in [5.74, 6) is -4.63. The van der Waals surface area contributed by atoms with Crippen molar-refractivity contribution in [1.29, 1.82) is 0 Å². The Labute approximate surface area is 221 Å². The highest BCUT2D eigenvalue weighted by Crippen LogP contribution is 2.34. The van der Waals surface area contributed by atoms with E-state index in [1.807, 2.05) is 0 Å². The lowest BCUT2D eigenvalue weighted by molar-refractivity contribution is -0.312. The number of aliphatic hydroxyl groups is 7. The minimum Gasteiger partial charge on any atom is -0.475 e. The van der Waals surface area contributed by atoms with Gasteiger partial charge in [-0.25, -0.2) is 8.98 Å². The number of hydrogen-bond donors (Lipinski definition) is 9. The van der Waals surface area contributed by atoms with Gasteiger partial charge in [0.05, 0.1) is 32.0 Å². The maximum Gasteiger partial charge on any atom is 0.397 e. The van der Waals surface area contributed by atoms with Crippen LogP contribution in [-0.4, -0.2) is 147 Å². The van der Waals surface area contributed by atoms with Gasteiger partial charge in [-0.1, -0.05) is 0 Å². The van der Waals surface area contributed by atoms with Gasteiger partial charge in [0, 0.05) is 11.8 Å². The van der Waals surface area contributed by atoms with Crippen molar-refractivity contribution >= 4 is 16.4 Å². The molecule has 0 bridgehead atoms. The van der Waals surface area contributed by atoms with Gasteiger partial charge in [-0.2, -0.15) is 8.42 Å². The standard InChI is InChI=1S/C20H32O18S/c1-6-12(23)16(38-39(30,31)32)15(26)20(35-6)33-4-7-8(18(29)36-11(3-21)13(7)24)5-34-19-14(25)9(22)2-10(37-19)17(27)28/h2,6-9,11-16,18-26,29H,3-5H2,1H3,(H,27,28)(H,30,31,32)/t6?,7?,8?,9?,11?,12-,13+,14?,15?,16?,18-,19-,20-/m1/s1. The lowest BCUT2D eigenvalue weighted by Gasteiger charge is -2.44. The summed E-state index contributed by atoms with van der Waals surface area (Å²) in [7, 11) is -5.10. The normalized spacial score (nSPS) is 43.4. The largest absolute Gasteiger partial charge is 0.475 e. The fraction of sp³-hybridized carbons (Fsp3) is 0.850. The maximum absolute atomic E-state index is 11.2. The zero-order chi connectivity index (χ0) is 29.2. The van der Waals surface area contributed by atoms with Crippen LogP contribution in [0.4, 0.5) is 0 Å². The van der Waals surface area contributed by atoms with Crippen LogP contribution in [0.1, 0.15) is 6.92 Å². The van der Waals surface area contributed by atoms with Crippen molar-refractivity contribution in [3.05, 3.63) is 11.8 Å². The van der Waals surface area contributed by atoms with E-state index in [9.17, 15) is 49.0 Å². The van der Waals surface area contributed by atoms with E-state index < -0.39 is 121 Å². The number of hydrogen-bond acceptors (Lipinski definition) is 16. The van der Waals surface area contributed by atoms with Gasteiger partial charge in [0.25, 0.3) is 0 Å². The van der Waals surface area contributed by atoms with Gasteiger partial charge in [-0.05, 0) is 13.0 Å². The van der Waals surface area contributed by atoms with E-state index in [-0.39, 0.29) is 0 Å². The van der Waals surface area contributed by atoms with E-state index in [1.54, 1.807) is 0 Å². The van der Waals surface area contributed by atoms with Gasteiger partial charge in [-0.3, -0.25) is 4.55 Å². The van der Waals surface area contributed by atoms with Crippen LogP contribution in [0.3, 0.4) is 0 Å². The Kier molecular flexibility index (Phi) is 10.6. The lowest BCUT2D eigenvalue weighted by atomic mass is 9.83. The SMILES string of the molecule is CC1O[C@@H](OCC2C(CO[C@@H]3OC(C(=O)O)=CC(O)C3O)[C@H](O)OC(CO)[C@H]2O)C(O)C(OS(=O)(=O)O)[C@@H]1O. The molecule has 3 aliphatic rings. The average Bonchev–Trinajstić information content (AvgIpc) is 2.85. The van der Waals surface area contributed by atoms with Crippen molar-refractivity contribution in [2.24, 2.45) is 11.8 Å². The minimum absolute atomic E-state index is 0.563. The molecule has 0 aromatic heterocycles. The average molecular weight is 593 g/mol. The monoisotopic (exact) mass is 592 g/mol. The first kappa shape index (κ1) is 32.0. The molecule has 3 aliphatic heterocycles. The van der Waals surface area contributed by atoms with Crippen molar-refractivity contribution in [3.63, 3.8) is 0 Å². The van der Waals surface area contributed by atoms with Gasteiger partial charge >= 0.3 is 16.4 Å². The van der Waals surface area contributed by atoms with Gasteiger partial charge < -0.3 is 64.5 Å². The first-order valence-electron chi connectivity index (χ1n) is 11.7. The van der Waals surface area contributed by atoms with Gasteiger partial charge in [0.15, 0.2) is 12.6 Å². The van der Waals surface area contributed by atoms with Crippen LogP contribution >= 0.6 is 0 Å². The summed E-state index contributed by atoms with van der Waals surface area (Å²) >= 11 is 0. The fourth-order valence-electron chi connectivity index (χ4n) is 4.38. The minimum atomic E-state index is -5.10. The molecule has 0 amide bonds. The van der Waals surface area contributed by atoms with Crippen LogP contribution in [0.5, 0.6) is 0 Å². The summed E-state index contributed by atoms with van der Waals surface area (Å²) in [5.41, 5.74) is 0. The molecule has 226 valence electrons. The molecule has 19 heteroatoms. The Balaban J connectivity index is 1.73. The molecule has 0 spiro atoms. The number of carbonyl (C=O) groups is 1. The Morgan fingerprint density at radius 2 is 1.54 bits per heavy atom. The summed E-state index contributed by atoms with van der Waals surface area (Å²) in [4.78, 5) is 11.2. The summed E-state index contributed by atoms with van der Waals surface area (Å²) < 4.78 is 62.0. The molecule has 8 unspecified atom stereocenters. The molecule has 18 nitrogen and oxygen atoms in total. The van der Waals surface area contributed by atoms with Crippen molar-refractivity contribution in [2.75, 3.05) is 19.8 Å². The van der Waals surface area contributed by atoms with Crippen LogP contribution in [0.2, 0.25) is 0 Å². The molecule has 9 N–H and O–H groups in total. The molecule has 0 aromatic carbocycles. The van der Waals surface area contributed by atoms with E-state index in [2.05, 4.69) is 4.18 Å². The van der Waals surface area contributed by atoms with Gasteiger partial charge in [0.1, 0.15) is 36.6 Å². The Morgan fingerprint density at radius 3 is 2.13 bits per heavy atom. The molecular formula is C20H32O18S. The molecule has 39 heavy (non-hydrogen) atoms. The number of aliphatic carboxylic acids is 1. The quantitative estimate of drug-likeness (QED) is 0.107. The lowest BCUT2D eigenvalue weighted by Crippen LogP contribution is -2.60. The van der Waals surface area contributed by atoms with Crippen molar-refractivity contribution in [2.45, 2.75) is 74.6 Å². The van der Waals surface area contributed by atoms with Crippen LogP contribution < -0.4 is 0 Å². The first-order valence-corrected chi connectivity index (χ1v) is 13.0. The summed E-state index contributed by atoms with van der Waals surface area (Å²) in [6, 6.07) is 0. The number of carboxylic acid groups (broad SMARTS) is 1. The summed E-state index contributed by atoms with van der Waals surface area (Å²) in [6.45, 7) is -0.583.